The summed E-state index contributed by atoms with van der Waals surface area (Å²) in [5.41, 5.74) is 0. The van der Waals surface area contributed by atoms with Crippen LogP contribution in [0.1, 0.15) is 25.6 Å². The summed E-state index contributed by atoms with van der Waals surface area (Å²) in [5.74, 6) is 1.21. The third-order valence-corrected chi connectivity index (χ3v) is 5.86. The predicted molar refractivity (Wildman–Crippen MR) is 77.9 cm³/mol. The van der Waals surface area contributed by atoms with Crippen LogP contribution in [-0.2, 0) is 16.6 Å². The van der Waals surface area contributed by atoms with Crippen LogP contribution in [0.25, 0.3) is 0 Å². The molecule has 1 atom stereocenters. The number of alkyl halides is 1. The highest BCUT2D eigenvalue weighted by molar-refractivity contribution is 9.09. The molecule has 1 fully saturated rings. The summed E-state index contributed by atoms with van der Waals surface area (Å²) in [5, 5.41) is 1.11. The Balaban J connectivity index is 2.18. The van der Waals surface area contributed by atoms with Crippen molar-refractivity contribution in [1.82, 2.24) is 13.9 Å². The zero-order valence-electron chi connectivity index (χ0n) is 11.3. The predicted octanol–water partition coefficient (Wildman–Crippen LogP) is 2.01. The lowest BCUT2D eigenvalue weighted by molar-refractivity contribution is 0.452. The second kappa shape index (κ2) is 5.93. The zero-order chi connectivity index (χ0) is 14.0. The van der Waals surface area contributed by atoms with Crippen LogP contribution in [0.3, 0.4) is 0 Å². The van der Waals surface area contributed by atoms with Gasteiger partial charge in [-0.3, -0.25) is 0 Å². The minimum Gasteiger partial charge on any atom is -0.334 e. The Labute approximate surface area is 123 Å². The van der Waals surface area contributed by atoms with Crippen LogP contribution in [-0.4, -0.2) is 40.7 Å². The number of aromatic nitrogens is 2. The molecule has 1 aliphatic heterocycles. The number of rotatable bonds is 5. The number of aryl methyl sites for hydroxylation is 2. The Morgan fingerprint density at radius 1 is 1.53 bits per heavy atom. The maximum Gasteiger partial charge on any atom is 0.262 e. The first kappa shape index (κ1) is 15.0. The highest BCUT2D eigenvalue weighted by Gasteiger charge is 2.33. The smallest absolute Gasteiger partial charge is 0.262 e. The van der Waals surface area contributed by atoms with Gasteiger partial charge in [-0.05, 0) is 32.6 Å². The average molecular weight is 350 g/mol. The van der Waals surface area contributed by atoms with Gasteiger partial charge in [-0.15, -0.1) is 0 Å². The van der Waals surface area contributed by atoms with Gasteiger partial charge in [0.2, 0.25) is 0 Å². The highest BCUT2D eigenvalue weighted by Crippen LogP contribution is 2.26. The van der Waals surface area contributed by atoms with Crippen molar-refractivity contribution >= 4 is 26.0 Å². The molecule has 1 aromatic heterocycles. The van der Waals surface area contributed by atoms with Crippen LogP contribution >= 0.6 is 15.9 Å². The number of sulfonamides is 1. The number of hydrogen-bond acceptors (Lipinski definition) is 3. The number of hydrogen-bond donors (Lipinski definition) is 0. The van der Waals surface area contributed by atoms with E-state index in [0.717, 1.165) is 30.5 Å². The topological polar surface area (TPSA) is 55.2 Å². The zero-order valence-corrected chi connectivity index (χ0v) is 13.7. The van der Waals surface area contributed by atoms with E-state index in [0.29, 0.717) is 19.0 Å². The first-order valence-corrected chi connectivity index (χ1v) is 9.15. The minimum absolute atomic E-state index is 0.186. The Kier molecular flexibility index (Phi) is 4.68. The van der Waals surface area contributed by atoms with Gasteiger partial charge in [0.15, 0.2) is 5.03 Å². The van der Waals surface area contributed by atoms with E-state index in [1.165, 1.54) is 0 Å². The van der Waals surface area contributed by atoms with Crippen molar-refractivity contribution in [3.63, 3.8) is 0 Å². The summed E-state index contributed by atoms with van der Waals surface area (Å²) in [6.45, 7) is 5.78. The Bertz CT molecular complexity index is 541. The molecule has 2 heterocycles. The molecule has 7 heteroatoms. The molecule has 1 aliphatic rings. The van der Waals surface area contributed by atoms with E-state index in [-0.39, 0.29) is 5.03 Å². The van der Waals surface area contributed by atoms with Crippen LogP contribution in [0.5, 0.6) is 0 Å². The molecule has 5 nitrogen and oxygen atoms in total. The van der Waals surface area contributed by atoms with Gasteiger partial charge in [0.25, 0.3) is 10.0 Å². The SMILES string of the molecule is CCn1cc(S(=O)(=O)N2CCC(CCBr)C2)nc1C. The summed E-state index contributed by atoms with van der Waals surface area (Å²) in [6.07, 6.45) is 3.61. The third kappa shape index (κ3) is 3.03. The molecular formula is C12H20BrN3O2S. The number of halogens is 1. The lowest BCUT2D eigenvalue weighted by atomic mass is 10.1. The molecule has 1 aromatic rings. The van der Waals surface area contributed by atoms with Gasteiger partial charge in [-0.2, -0.15) is 4.31 Å². The number of imidazole rings is 1. The quantitative estimate of drug-likeness (QED) is 0.764. The molecule has 1 saturated heterocycles. The van der Waals surface area contributed by atoms with Crippen LogP contribution in [0.2, 0.25) is 0 Å². The van der Waals surface area contributed by atoms with Crippen molar-refractivity contribution < 1.29 is 8.42 Å². The van der Waals surface area contributed by atoms with Gasteiger partial charge in [-0.25, -0.2) is 13.4 Å². The first-order chi connectivity index (χ1) is 8.98. The molecule has 108 valence electrons. The van der Waals surface area contributed by atoms with Crippen molar-refractivity contribution in [3.8, 4) is 0 Å². The second-order valence-corrected chi connectivity index (χ2v) is 7.59. The summed E-state index contributed by atoms with van der Waals surface area (Å²) in [4.78, 5) is 4.19. The van der Waals surface area contributed by atoms with Crippen LogP contribution in [0.15, 0.2) is 11.2 Å². The normalized spacial score (nSPS) is 21.1. The van der Waals surface area contributed by atoms with E-state index >= 15 is 0 Å². The van der Waals surface area contributed by atoms with Gasteiger partial charge >= 0.3 is 0 Å². The van der Waals surface area contributed by atoms with E-state index in [1.54, 1.807) is 10.5 Å². The van der Waals surface area contributed by atoms with Crippen molar-refractivity contribution in [3.05, 3.63) is 12.0 Å². The Morgan fingerprint density at radius 2 is 2.26 bits per heavy atom. The van der Waals surface area contributed by atoms with Crippen molar-refractivity contribution in [2.45, 2.75) is 38.3 Å². The Hall–Kier alpha value is -0.400. The molecule has 0 saturated carbocycles. The molecule has 0 bridgehead atoms. The van der Waals surface area contributed by atoms with E-state index in [4.69, 9.17) is 0 Å². The molecule has 0 aliphatic carbocycles. The maximum atomic E-state index is 12.5. The molecule has 0 aromatic carbocycles. The highest BCUT2D eigenvalue weighted by atomic mass is 79.9. The summed E-state index contributed by atoms with van der Waals surface area (Å²) >= 11 is 3.41. The van der Waals surface area contributed by atoms with Crippen molar-refractivity contribution in [2.75, 3.05) is 18.4 Å². The van der Waals surface area contributed by atoms with Crippen LogP contribution in [0, 0.1) is 12.8 Å². The van der Waals surface area contributed by atoms with Gasteiger partial charge in [0, 0.05) is 31.2 Å². The van der Waals surface area contributed by atoms with E-state index in [1.807, 2.05) is 18.4 Å². The fourth-order valence-electron chi connectivity index (χ4n) is 2.46. The van der Waals surface area contributed by atoms with Gasteiger partial charge in [-0.1, -0.05) is 15.9 Å². The number of nitrogens with zero attached hydrogens (tertiary/aromatic N) is 3. The average Bonchev–Trinajstić information content (AvgIpc) is 2.96. The fraction of sp³-hybridized carbons (Fsp3) is 0.750. The lowest BCUT2D eigenvalue weighted by Crippen LogP contribution is -2.29. The standard InChI is InChI=1S/C12H20BrN3O2S/c1-3-15-9-12(14-10(15)2)19(17,18)16-7-5-11(8-16)4-6-13/h9,11H,3-8H2,1-2H3. The van der Waals surface area contributed by atoms with Crippen LogP contribution < -0.4 is 0 Å². The lowest BCUT2D eigenvalue weighted by Gasteiger charge is -2.14. The second-order valence-electron chi connectivity index (χ2n) is 4.91. The molecule has 19 heavy (non-hydrogen) atoms. The Morgan fingerprint density at radius 3 is 2.84 bits per heavy atom. The first-order valence-electron chi connectivity index (χ1n) is 6.59. The van der Waals surface area contributed by atoms with E-state index in [2.05, 4.69) is 20.9 Å². The minimum atomic E-state index is -3.42. The van der Waals surface area contributed by atoms with Gasteiger partial charge in [0.05, 0.1) is 0 Å². The largest absolute Gasteiger partial charge is 0.334 e. The molecule has 1 unspecified atom stereocenters. The molecular weight excluding hydrogens is 330 g/mol. The summed E-state index contributed by atoms with van der Waals surface area (Å²) < 4.78 is 28.4. The monoisotopic (exact) mass is 349 g/mol. The van der Waals surface area contributed by atoms with Gasteiger partial charge in [0.1, 0.15) is 5.82 Å². The molecule has 0 amide bonds. The van der Waals surface area contributed by atoms with Gasteiger partial charge < -0.3 is 4.57 Å². The summed E-state index contributed by atoms with van der Waals surface area (Å²) in [7, 11) is -3.42. The van der Waals surface area contributed by atoms with E-state index < -0.39 is 10.0 Å². The molecule has 0 radical (unpaired) electrons. The summed E-state index contributed by atoms with van der Waals surface area (Å²) in [6, 6.07) is 0. The van der Waals surface area contributed by atoms with Crippen molar-refractivity contribution in [2.24, 2.45) is 5.92 Å². The molecule has 2 rings (SSSR count). The van der Waals surface area contributed by atoms with Crippen molar-refractivity contribution in [1.29, 1.82) is 0 Å². The third-order valence-electron chi connectivity index (χ3n) is 3.66. The molecule has 0 N–H and O–H groups in total. The maximum absolute atomic E-state index is 12.5. The molecule has 0 spiro atoms. The fourth-order valence-corrected chi connectivity index (χ4v) is 4.63. The van der Waals surface area contributed by atoms with E-state index in [9.17, 15) is 8.42 Å². The van der Waals surface area contributed by atoms with Crippen LogP contribution in [0.4, 0.5) is 0 Å².